The Kier molecular flexibility index (Phi) is 4.73. The molecule has 1 atom stereocenters. The summed E-state index contributed by atoms with van der Waals surface area (Å²) in [6, 6.07) is 0.309. The summed E-state index contributed by atoms with van der Waals surface area (Å²) in [7, 11) is 0. The van der Waals surface area contributed by atoms with Gasteiger partial charge in [-0.1, -0.05) is 0 Å². The molecule has 0 aromatic heterocycles. The van der Waals surface area contributed by atoms with Crippen LogP contribution in [0, 0.1) is 11.8 Å². The monoisotopic (exact) mass is 322 g/mol. The molecule has 0 bridgehead atoms. The van der Waals surface area contributed by atoms with Gasteiger partial charge in [0.25, 0.3) is 0 Å². The summed E-state index contributed by atoms with van der Waals surface area (Å²) >= 11 is 0. The Labute approximate surface area is 136 Å². The lowest BCUT2D eigenvalue weighted by Gasteiger charge is -2.37. The zero-order valence-corrected chi connectivity index (χ0v) is 13.5. The minimum atomic E-state index is -0.266. The molecular formula is C16H26N4O3. The van der Waals surface area contributed by atoms with E-state index in [1.165, 1.54) is 0 Å². The lowest BCUT2D eigenvalue weighted by molar-refractivity contribution is -0.139. The third-order valence-electron chi connectivity index (χ3n) is 5.17. The van der Waals surface area contributed by atoms with Crippen LogP contribution in [0.15, 0.2) is 0 Å². The van der Waals surface area contributed by atoms with Crippen molar-refractivity contribution >= 4 is 17.8 Å². The first-order valence-corrected chi connectivity index (χ1v) is 8.68. The van der Waals surface area contributed by atoms with Gasteiger partial charge in [-0.3, -0.25) is 9.59 Å². The number of primary amides is 1. The summed E-state index contributed by atoms with van der Waals surface area (Å²) in [5.74, 6) is -0.361. The fourth-order valence-corrected chi connectivity index (χ4v) is 3.50. The topological polar surface area (TPSA) is 95.7 Å². The van der Waals surface area contributed by atoms with Crippen molar-refractivity contribution in [3.8, 4) is 0 Å². The van der Waals surface area contributed by atoms with E-state index in [-0.39, 0.29) is 29.7 Å². The van der Waals surface area contributed by atoms with Crippen molar-refractivity contribution < 1.29 is 14.4 Å². The summed E-state index contributed by atoms with van der Waals surface area (Å²) in [5.41, 5.74) is 5.33. The third-order valence-corrected chi connectivity index (χ3v) is 5.17. The third kappa shape index (κ3) is 3.95. The van der Waals surface area contributed by atoms with Gasteiger partial charge in [0.15, 0.2) is 0 Å². The largest absolute Gasteiger partial charge is 0.369 e. The molecule has 7 nitrogen and oxygen atoms in total. The number of nitrogens with two attached hydrogens (primary N) is 1. The number of hydrogen-bond donors (Lipinski definition) is 2. The maximum Gasteiger partial charge on any atom is 0.317 e. The van der Waals surface area contributed by atoms with Gasteiger partial charge in [0.1, 0.15) is 0 Å². The van der Waals surface area contributed by atoms with Crippen LogP contribution < -0.4 is 11.1 Å². The Hall–Kier alpha value is -1.79. The standard InChI is InChI=1S/C16H26N4O3/c17-14(21)11-5-8-19(9-6-11)15(22)12-2-1-7-20(10-12)16(23)18-13-3-4-13/h11-13H,1-10H2,(H2,17,21)(H,18,23). The van der Waals surface area contributed by atoms with Gasteiger partial charge in [0.05, 0.1) is 5.92 Å². The van der Waals surface area contributed by atoms with Crippen molar-refractivity contribution in [2.45, 2.75) is 44.6 Å². The van der Waals surface area contributed by atoms with Gasteiger partial charge in [0, 0.05) is 38.1 Å². The average molecular weight is 322 g/mol. The highest BCUT2D eigenvalue weighted by Gasteiger charge is 2.34. The Balaban J connectivity index is 1.50. The van der Waals surface area contributed by atoms with Crippen LogP contribution >= 0.6 is 0 Å². The van der Waals surface area contributed by atoms with E-state index < -0.39 is 0 Å². The number of carbonyl (C=O) groups is 3. The molecule has 2 aliphatic heterocycles. The molecule has 0 radical (unpaired) electrons. The number of amides is 4. The van der Waals surface area contributed by atoms with E-state index in [4.69, 9.17) is 5.73 Å². The fraction of sp³-hybridized carbons (Fsp3) is 0.812. The molecule has 0 aromatic rings. The van der Waals surface area contributed by atoms with E-state index >= 15 is 0 Å². The van der Waals surface area contributed by atoms with Crippen molar-refractivity contribution in [3.63, 3.8) is 0 Å². The van der Waals surface area contributed by atoms with Crippen LogP contribution in [-0.4, -0.2) is 59.9 Å². The highest BCUT2D eigenvalue weighted by atomic mass is 16.2. The van der Waals surface area contributed by atoms with Gasteiger partial charge >= 0.3 is 6.03 Å². The van der Waals surface area contributed by atoms with Crippen LogP contribution in [0.5, 0.6) is 0 Å². The zero-order chi connectivity index (χ0) is 16.4. The number of nitrogens with zero attached hydrogens (tertiary/aromatic N) is 2. The lowest BCUT2D eigenvalue weighted by atomic mass is 9.92. The number of carbonyl (C=O) groups excluding carboxylic acids is 3. The molecule has 3 N–H and O–H groups in total. The second-order valence-corrected chi connectivity index (χ2v) is 7.01. The van der Waals surface area contributed by atoms with Crippen molar-refractivity contribution in [3.05, 3.63) is 0 Å². The Morgan fingerprint density at radius 2 is 1.57 bits per heavy atom. The predicted molar refractivity (Wildman–Crippen MR) is 84.3 cm³/mol. The summed E-state index contributed by atoms with van der Waals surface area (Å²) < 4.78 is 0. The normalized spacial score (nSPS) is 26.0. The molecule has 4 amide bonds. The summed E-state index contributed by atoms with van der Waals surface area (Å²) in [4.78, 5) is 39.7. The first kappa shape index (κ1) is 16.1. The summed E-state index contributed by atoms with van der Waals surface area (Å²) in [6.07, 6.45) is 5.14. The van der Waals surface area contributed by atoms with E-state index in [2.05, 4.69) is 5.32 Å². The Morgan fingerprint density at radius 1 is 0.870 bits per heavy atom. The first-order valence-electron chi connectivity index (χ1n) is 8.68. The van der Waals surface area contributed by atoms with Crippen molar-refractivity contribution in [2.24, 2.45) is 17.6 Å². The van der Waals surface area contributed by atoms with Crippen LogP contribution in [0.3, 0.4) is 0 Å². The van der Waals surface area contributed by atoms with E-state index in [1.54, 1.807) is 4.90 Å². The van der Waals surface area contributed by atoms with Crippen molar-refractivity contribution in [2.75, 3.05) is 26.2 Å². The van der Waals surface area contributed by atoms with Crippen LogP contribution in [0.1, 0.15) is 38.5 Å². The van der Waals surface area contributed by atoms with Gasteiger partial charge in [-0.25, -0.2) is 4.79 Å². The number of piperidine rings is 2. The average Bonchev–Trinajstić information content (AvgIpc) is 3.38. The maximum atomic E-state index is 12.7. The molecule has 1 unspecified atom stereocenters. The van der Waals surface area contributed by atoms with E-state index in [0.717, 1.165) is 32.2 Å². The van der Waals surface area contributed by atoms with E-state index in [9.17, 15) is 14.4 Å². The number of rotatable bonds is 3. The molecule has 0 spiro atoms. The smallest absolute Gasteiger partial charge is 0.317 e. The van der Waals surface area contributed by atoms with Gasteiger partial charge in [-0.2, -0.15) is 0 Å². The quantitative estimate of drug-likeness (QED) is 0.782. The SMILES string of the molecule is NC(=O)C1CCN(C(=O)C2CCCN(C(=O)NC3CC3)C2)CC1. The molecule has 128 valence electrons. The number of hydrogen-bond acceptors (Lipinski definition) is 3. The second kappa shape index (κ2) is 6.76. The van der Waals surface area contributed by atoms with Crippen LogP contribution in [0.2, 0.25) is 0 Å². The molecule has 3 aliphatic rings. The number of nitrogens with one attached hydrogen (secondary N) is 1. The highest BCUT2D eigenvalue weighted by molar-refractivity contribution is 5.82. The number of likely N-dealkylation sites (tertiary alicyclic amines) is 2. The van der Waals surface area contributed by atoms with Gasteiger partial charge in [-0.15, -0.1) is 0 Å². The lowest BCUT2D eigenvalue weighted by Crippen LogP contribution is -2.51. The summed E-state index contributed by atoms with van der Waals surface area (Å²) in [6.45, 7) is 2.42. The maximum absolute atomic E-state index is 12.7. The van der Waals surface area contributed by atoms with Gasteiger partial charge in [0.2, 0.25) is 11.8 Å². The minimum absolute atomic E-state index is 0.0302. The Morgan fingerprint density at radius 3 is 2.17 bits per heavy atom. The molecule has 2 saturated heterocycles. The molecular weight excluding hydrogens is 296 g/mol. The van der Waals surface area contributed by atoms with Crippen LogP contribution in [0.25, 0.3) is 0 Å². The van der Waals surface area contributed by atoms with Crippen LogP contribution in [-0.2, 0) is 9.59 Å². The minimum Gasteiger partial charge on any atom is -0.369 e. The van der Waals surface area contributed by atoms with E-state index in [1.807, 2.05) is 4.90 Å². The fourth-order valence-electron chi connectivity index (χ4n) is 3.50. The molecule has 23 heavy (non-hydrogen) atoms. The molecule has 1 saturated carbocycles. The number of urea groups is 1. The predicted octanol–water partition coefficient (Wildman–Crippen LogP) is 0.294. The zero-order valence-electron chi connectivity index (χ0n) is 13.5. The van der Waals surface area contributed by atoms with Crippen molar-refractivity contribution in [1.29, 1.82) is 0 Å². The highest BCUT2D eigenvalue weighted by Crippen LogP contribution is 2.24. The molecule has 2 heterocycles. The molecule has 3 fully saturated rings. The van der Waals surface area contributed by atoms with Gasteiger partial charge < -0.3 is 20.9 Å². The molecule has 3 rings (SSSR count). The Bertz CT molecular complexity index is 484. The molecule has 0 aromatic carbocycles. The first-order chi connectivity index (χ1) is 11.0. The van der Waals surface area contributed by atoms with Gasteiger partial charge in [-0.05, 0) is 38.5 Å². The molecule has 7 heteroatoms. The second-order valence-electron chi connectivity index (χ2n) is 7.01. The molecule has 1 aliphatic carbocycles. The van der Waals surface area contributed by atoms with Crippen LogP contribution in [0.4, 0.5) is 4.79 Å². The van der Waals surface area contributed by atoms with Crippen molar-refractivity contribution in [1.82, 2.24) is 15.1 Å². The summed E-state index contributed by atoms with van der Waals surface area (Å²) in [5, 5.41) is 2.99. The van der Waals surface area contributed by atoms with E-state index in [0.29, 0.717) is 38.5 Å².